The number of ether oxygens (including phenoxy) is 1. The molecule has 1 saturated heterocycles. The second-order valence-electron chi connectivity index (χ2n) is 6.19. The molecule has 1 fully saturated rings. The Morgan fingerprint density at radius 2 is 1.77 bits per heavy atom. The van der Waals surface area contributed by atoms with Crippen molar-refractivity contribution >= 4 is 45.5 Å². The minimum absolute atomic E-state index is 0.626. The van der Waals surface area contributed by atoms with Crippen molar-refractivity contribution in [3.63, 3.8) is 0 Å². The molecule has 2 heterocycles. The largest absolute Gasteiger partial charge is 0.497 e. The summed E-state index contributed by atoms with van der Waals surface area (Å²) in [5, 5.41) is 10.7. The minimum Gasteiger partial charge on any atom is -0.497 e. The van der Waals surface area contributed by atoms with Crippen LogP contribution in [0.3, 0.4) is 0 Å². The molecule has 1 aliphatic heterocycles. The van der Waals surface area contributed by atoms with Crippen molar-refractivity contribution in [2.24, 2.45) is 0 Å². The van der Waals surface area contributed by atoms with Gasteiger partial charge in [-0.15, -0.1) is 5.10 Å². The number of piperazine rings is 1. The van der Waals surface area contributed by atoms with Crippen molar-refractivity contribution in [2.45, 2.75) is 0 Å². The van der Waals surface area contributed by atoms with Gasteiger partial charge in [0.2, 0.25) is 0 Å². The molecule has 0 spiro atoms. The van der Waals surface area contributed by atoms with E-state index in [-0.39, 0.29) is 0 Å². The molecule has 0 aliphatic carbocycles. The van der Waals surface area contributed by atoms with Gasteiger partial charge in [-0.2, -0.15) is 5.10 Å². The Kier molecular flexibility index (Phi) is 4.74. The third-order valence-electron chi connectivity index (χ3n) is 4.68. The van der Waals surface area contributed by atoms with Gasteiger partial charge in [0, 0.05) is 48.3 Å². The van der Waals surface area contributed by atoms with Gasteiger partial charge in [-0.05, 0) is 18.2 Å². The van der Waals surface area contributed by atoms with Crippen molar-refractivity contribution in [2.75, 3.05) is 43.1 Å². The second kappa shape index (κ2) is 7.17. The Balaban J connectivity index is 1.56. The zero-order valence-electron chi connectivity index (χ0n) is 14.3. The third kappa shape index (κ3) is 3.24. The van der Waals surface area contributed by atoms with Crippen LogP contribution in [0.25, 0.3) is 10.9 Å². The van der Waals surface area contributed by atoms with Crippen LogP contribution >= 0.6 is 23.2 Å². The van der Waals surface area contributed by atoms with E-state index in [1.165, 1.54) is 0 Å². The molecular weight excluding hydrogens is 371 g/mol. The number of hydrogen-bond acceptors (Lipinski definition) is 5. The van der Waals surface area contributed by atoms with E-state index in [2.05, 4.69) is 20.0 Å². The predicted molar refractivity (Wildman–Crippen MR) is 107 cm³/mol. The molecule has 5 nitrogen and oxygen atoms in total. The summed E-state index contributed by atoms with van der Waals surface area (Å²) < 4.78 is 5.33. The van der Waals surface area contributed by atoms with Crippen molar-refractivity contribution in [3.05, 3.63) is 52.6 Å². The average molecular weight is 389 g/mol. The molecule has 0 amide bonds. The van der Waals surface area contributed by atoms with E-state index in [0.717, 1.165) is 54.2 Å². The molecule has 0 radical (unpaired) electrons. The molecule has 0 N–H and O–H groups in total. The molecule has 4 rings (SSSR count). The summed E-state index contributed by atoms with van der Waals surface area (Å²) in [5.74, 6) is 0.772. The van der Waals surface area contributed by atoms with Gasteiger partial charge in [-0.3, -0.25) is 0 Å². The number of hydrogen-bond donors (Lipinski definition) is 0. The summed E-state index contributed by atoms with van der Waals surface area (Å²) in [5.41, 5.74) is 2.89. The maximum Gasteiger partial charge on any atom is 0.122 e. The van der Waals surface area contributed by atoms with Crippen molar-refractivity contribution in [3.8, 4) is 5.75 Å². The molecule has 1 aliphatic rings. The maximum atomic E-state index is 6.26. The van der Waals surface area contributed by atoms with Crippen LogP contribution in [-0.2, 0) is 0 Å². The molecule has 0 bridgehead atoms. The highest BCUT2D eigenvalue weighted by Crippen LogP contribution is 2.31. The number of aromatic nitrogens is 2. The summed E-state index contributed by atoms with van der Waals surface area (Å²) in [6, 6.07) is 11.6. The normalized spacial score (nSPS) is 14.7. The molecule has 0 saturated carbocycles. The van der Waals surface area contributed by atoms with Crippen molar-refractivity contribution < 1.29 is 4.74 Å². The highest BCUT2D eigenvalue weighted by Gasteiger charge is 2.20. The predicted octanol–water partition coefficient (Wildman–Crippen LogP) is 4.27. The number of nitrogens with zero attached hydrogens (tertiary/aromatic N) is 4. The Labute approximate surface area is 162 Å². The molecule has 3 aromatic rings. The first kappa shape index (κ1) is 17.2. The fraction of sp³-hybridized carbons (Fsp3) is 0.263. The average Bonchev–Trinajstić information content (AvgIpc) is 2.67. The zero-order valence-corrected chi connectivity index (χ0v) is 15.8. The standard InChI is InChI=1S/C19H18Cl2N4O/c1-26-15-10-13(20)9-14(11-15)24-5-7-25(8-6-24)18-12-22-23-19-16(18)3-2-4-17(19)21/h2-4,9-12H,5-8H2,1H3. The minimum atomic E-state index is 0.626. The maximum absolute atomic E-state index is 6.26. The van der Waals surface area contributed by atoms with E-state index in [9.17, 15) is 0 Å². The van der Waals surface area contributed by atoms with Crippen LogP contribution in [0.5, 0.6) is 5.75 Å². The van der Waals surface area contributed by atoms with Gasteiger partial charge >= 0.3 is 0 Å². The van der Waals surface area contributed by atoms with Gasteiger partial charge in [0.05, 0.1) is 24.0 Å². The number of halogens is 2. The van der Waals surface area contributed by atoms with Gasteiger partial charge in [-0.25, -0.2) is 0 Å². The first-order chi connectivity index (χ1) is 12.7. The Morgan fingerprint density at radius 1 is 1.00 bits per heavy atom. The first-order valence-corrected chi connectivity index (χ1v) is 9.15. The summed E-state index contributed by atoms with van der Waals surface area (Å²) in [6.07, 6.45) is 1.82. The highest BCUT2D eigenvalue weighted by molar-refractivity contribution is 6.35. The lowest BCUT2D eigenvalue weighted by atomic mass is 10.1. The van der Waals surface area contributed by atoms with Crippen molar-refractivity contribution in [1.29, 1.82) is 0 Å². The number of methoxy groups -OCH3 is 1. The van der Waals surface area contributed by atoms with Crippen LogP contribution in [0.15, 0.2) is 42.6 Å². The van der Waals surface area contributed by atoms with Gasteiger partial charge < -0.3 is 14.5 Å². The number of fused-ring (bicyclic) bond motifs is 1. The number of rotatable bonds is 3. The van der Waals surface area contributed by atoms with E-state index in [4.69, 9.17) is 27.9 Å². The lowest BCUT2D eigenvalue weighted by Crippen LogP contribution is -2.46. The highest BCUT2D eigenvalue weighted by atomic mass is 35.5. The van der Waals surface area contributed by atoms with Crippen LogP contribution in [0.2, 0.25) is 10.0 Å². The van der Waals surface area contributed by atoms with Crippen LogP contribution < -0.4 is 14.5 Å². The number of anilines is 2. The topological polar surface area (TPSA) is 41.5 Å². The Hall–Kier alpha value is -2.24. The summed E-state index contributed by atoms with van der Waals surface area (Å²) in [6.45, 7) is 3.52. The number of benzene rings is 2. The molecule has 0 unspecified atom stereocenters. The Morgan fingerprint density at radius 3 is 2.54 bits per heavy atom. The second-order valence-corrected chi connectivity index (χ2v) is 7.03. The van der Waals surface area contributed by atoms with Gasteiger partial charge in [0.25, 0.3) is 0 Å². The fourth-order valence-electron chi connectivity index (χ4n) is 3.34. The molecule has 26 heavy (non-hydrogen) atoms. The summed E-state index contributed by atoms with van der Waals surface area (Å²) in [7, 11) is 1.65. The van der Waals surface area contributed by atoms with Crippen LogP contribution in [0, 0.1) is 0 Å². The third-order valence-corrected chi connectivity index (χ3v) is 5.20. The van der Waals surface area contributed by atoms with Gasteiger partial charge in [-0.1, -0.05) is 35.3 Å². The molecular formula is C19H18Cl2N4O. The lowest BCUT2D eigenvalue weighted by molar-refractivity contribution is 0.414. The molecule has 2 aromatic carbocycles. The van der Waals surface area contributed by atoms with Gasteiger partial charge in [0.1, 0.15) is 11.3 Å². The van der Waals surface area contributed by atoms with Crippen LogP contribution in [0.1, 0.15) is 0 Å². The van der Waals surface area contributed by atoms with E-state index in [1.54, 1.807) is 7.11 Å². The zero-order chi connectivity index (χ0) is 18.1. The molecule has 134 valence electrons. The molecule has 7 heteroatoms. The molecule has 0 atom stereocenters. The van der Waals surface area contributed by atoms with E-state index >= 15 is 0 Å². The van der Waals surface area contributed by atoms with E-state index < -0.39 is 0 Å². The molecule has 1 aromatic heterocycles. The van der Waals surface area contributed by atoms with E-state index in [0.29, 0.717) is 10.0 Å². The van der Waals surface area contributed by atoms with Crippen molar-refractivity contribution in [1.82, 2.24) is 10.2 Å². The quantitative estimate of drug-likeness (QED) is 0.669. The van der Waals surface area contributed by atoms with Crippen LogP contribution in [-0.4, -0.2) is 43.5 Å². The summed E-state index contributed by atoms with van der Waals surface area (Å²) in [4.78, 5) is 4.64. The summed E-state index contributed by atoms with van der Waals surface area (Å²) >= 11 is 12.5. The van der Waals surface area contributed by atoms with Crippen LogP contribution in [0.4, 0.5) is 11.4 Å². The smallest absolute Gasteiger partial charge is 0.122 e. The van der Waals surface area contributed by atoms with Gasteiger partial charge in [0.15, 0.2) is 0 Å². The van der Waals surface area contributed by atoms with E-state index in [1.807, 2.05) is 42.6 Å². The first-order valence-electron chi connectivity index (χ1n) is 8.40. The Bertz CT molecular complexity index is 942. The lowest BCUT2D eigenvalue weighted by Gasteiger charge is -2.37. The fourth-order valence-corrected chi connectivity index (χ4v) is 3.77. The monoisotopic (exact) mass is 388 g/mol. The SMILES string of the molecule is COc1cc(Cl)cc(N2CCN(c3cnnc4c(Cl)cccc34)CC2)c1.